The van der Waals surface area contributed by atoms with E-state index in [1.807, 2.05) is 12.4 Å². The van der Waals surface area contributed by atoms with Crippen molar-refractivity contribution in [2.24, 2.45) is 9.98 Å². The Morgan fingerprint density at radius 1 is 0.842 bits per heavy atom. The highest BCUT2D eigenvalue weighted by Gasteiger charge is 1.89. The summed E-state index contributed by atoms with van der Waals surface area (Å²) in [4.78, 5) is 22.5. The van der Waals surface area contributed by atoms with E-state index in [1.54, 1.807) is 25.0 Å². The minimum absolute atomic E-state index is 0.850. The second-order valence-corrected chi connectivity index (χ2v) is 4.15. The van der Waals surface area contributed by atoms with Crippen LogP contribution in [0.1, 0.15) is 30.7 Å². The average Bonchev–Trinajstić information content (AvgIpc) is 3.10. The minimum atomic E-state index is 0.850. The van der Waals surface area contributed by atoms with Crippen LogP contribution in [0.25, 0.3) is 0 Å². The Bertz CT molecular complexity index is 437. The number of unbranched alkanes of at least 4 members (excludes halogenated alkanes) is 2. The first-order valence-corrected chi connectivity index (χ1v) is 6.41. The molecule has 0 radical (unpaired) electrons. The summed E-state index contributed by atoms with van der Waals surface area (Å²) < 4.78 is 0. The van der Waals surface area contributed by atoms with Crippen LogP contribution in [-0.4, -0.2) is 45.5 Å². The van der Waals surface area contributed by atoms with Crippen molar-refractivity contribution in [2.75, 3.05) is 13.1 Å². The van der Waals surface area contributed by atoms with Crippen LogP contribution in [0.4, 0.5) is 0 Å². The molecule has 0 unspecified atom stereocenters. The molecule has 0 aliphatic carbocycles. The zero-order valence-corrected chi connectivity index (χ0v) is 10.8. The topological polar surface area (TPSA) is 82.1 Å². The van der Waals surface area contributed by atoms with Gasteiger partial charge in [-0.1, -0.05) is 0 Å². The van der Waals surface area contributed by atoms with Crippen LogP contribution in [0.15, 0.2) is 35.0 Å². The van der Waals surface area contributed by atoms with Crippen LogP contribution in [0, 0.1) is 0 Å². The number of rotatable bonds is 8. The zero-order valence-electron chi connectivity index (χ0n) is 10.8. The molecule has 0 bridgehead atoms. The van der Waals surface area contributed by atoms with Crippen molar-refractivity contribution in [3.05, 3.63) is 36.4 Å². The van der Waals surface area contributed by atoms with Gasteiger partial charge in [-0.3, -0.25) is 9.98 Å². The molecule has 0 aliphatic rings. The standard InChI is InChI=1S/C13H18N6/c1(2-4-14-6-12-8-16-10-18-12)3-5-15-7-13-9-17-11-19-13/h6-11H,1-5H2,(H,16,18)(H,17,19). The largest absolute Gasteiger partial charge is 0.344 e. The zero-order chi connectivity index (χ0) is 13.2. The highest BCUT2D eigenvalue weighted by molar-refractivity contribution is 5.76. The van der Waals surface area contributed by atoms with Gasteiger partial charge in [0, 0.05) is 25.5 Å². The third kappa shape index (κ3) is 5.29. The first kappa shape index (κ1) is 13.2. The van der Waals surface area contributed by atoms with Crippen LogP contribution >= 0.6 is 0 Å². The predicted molar refractivity (Wildman–Crippen MR) is 75.9 cm³/mol. The van der Waals surface area contributed by atoms with Gasteiger partial charge in [0.15, 0.2) is 0 Å². The van der Waals surface area contributed by atoms with Crippen LogP contribution in [0.3, 0.4) is 0 Å². The van der Waals surface area contributed by atoms with Crippen molar-refractivity contribution >= 4 is 12.4 Å². The van der Waals surface area contributed by atoms with E-state index in [4.69, 9.17) is 0 Å². The van der Waals surface area contributed by atoms with Gasteiger partial charge < -0.3 is 9.97 Å². The number of aliphatic imine (C=N–C) groups is 2. The Morgan fingerprint density at radius 2 is 1.37 bits per heavy atom. The highest BCUT2D eigenvalue weighted by Crippen LogP contribution is 1.97. The lowest BCUT2D eigenvalue weighted by atomic mass is 10.2. The van der Waals surface area contributed by atoms with Crippen LogP contribution in [-0.2, 0) is 0 Å². The van der Waals surface area contributed by atoms with E-state index in [0.29, 0.717) is 0 Å². The van der Waals surface area contributed by atoms with E-state index in [0.717, 1.165) is 43.7 Å². The van der Waals surface area contributed by atoms with Gasteiger partial charge in [0.25, 0.3) is 0 Å². The van der Waals surface area contributed by atoms with E-state index in [1.165, 1.54) is 0 Å². The number of H-pyrrole nitrogens is 2. The predicted octanol–water partition coefficient (Wildman–Crippen LogP) is 1.84. The molecule has 0 saturated carbocycles. The fourth-order valence-electron chi connectivity index (χ4n) is 1.58. The normalized spacial score (nSPS) is 11.8. The molecule has 0 atom stereocenters. The summed E-state index contributed by atoms with van der Waals surface area (Å²) in [7, 11) is 0. The highest BCUT2D eigenvalue weighted by atomic mass is 14.9. The Kier molecular flexibility index (Phi) is 5.53. The molecule has 2 heterocycles. The van der Waals surface area contributed by atoms with Gasteiger partial charge in [-0.15, -0.1) is 0 Å². The monoisotopic (exact) mass is 258 g/mol. The second kappa shape index (κ2) is 7.97. The molecular weight excluding hydrogens is 240 g/mol. The molecule has 0 aromatic carbocycles. The van der Waals surface area contributed by atoms with Gasteiger partial charge in [-0.05, 0) is 19.3 Å². The first-order chi connectivity index (χ1) is 9.45. The molecule has 6 heteroatoms. The Hall–Kier alpha value is -2.24. The number of hydrogen-bond donors (Lipinski definition) is 2. The van der Waals surface area contributed by atoms with Gasteiger partial charge in [0.1, 0.15) is 0 Å². The quantitative estimate of drug-likeness (QED) is 0.559. The molecule has 2 aromatic heterocycles. The molecule has 19 heavy (non-hydrogen) atoms. The minimum Gasteiger partial charge on any atom is -0.344 e. The average molecular weight is 258 g/mol. The van der Waals surface area contributed by atoms with Crippen molar-refractivity contribution < 1.29 is 0 Å². The van der Waals surface area contributed by atoms with Crippen molar-refractivity contribution in [1.29, 1.82) is 0 Å². The second-order valence-electron chi connectivity index (χ2n) is 4.15. The van der Waals surface area contributed by atoms with E-state index in [-0.39, 0.29) is 0 Å². The van der Waals surface area contributed by atoms with Crippen molar-refractivity contribution in [3.63, 3.8) is 0 Å². The van der Waals surface area contributed by atoms with E-state index < -0.39 is 0 Å². The Morgan fingerprint density at radius 3 is 1.79 bits per heavy atom. The lowest BCUT2D eigenvalue weighted by Gasteiger charge is -1.95. The fourth-order valence-corrected chi connectivity index (χ4v) is 1.58. The van der Waals surface area contributed by atoms with Crippen LogP contribution in [0.5, 0.6) is 0 Å². The molecule has 0 spiro atoms. The van der Waals surface area contributed by atoms with Gasteiger partial charge >= 0.3 is 0 Å². The number of nitrogens with one attached hydrogen (secondary N) is 2. The Labute approximate surface area is 112 Å². The number of aromatic nitrogens is 4. The molecule has 100 valence electrons. The molecule has 2 aromatic rings. The molecule has 0 amide bonds. The molecule has 2 N–H and O–H groups in total. The lowest BCUT2D eigenvalue weighted by molar-refractivity contribution is 0.698. The fraction of sp³-hybridized carbons (Fsp3) is 0.385. The summed E-state index contributed by atoms with van der Waals surface area (Å²) >= 11 is 0. The summed E-state index contributed by atoms with van der Waals surface area (Å²) in [6, 6.07) is 0. The molecule has 2 rings (SSSR count). The van der Waals surface area contributed by atoms with Gasteiger partial charge in [-0.25, -0.2) is 9.97 Å². The molecular formula is C13H18N6. The number of aromatic amines is 2. The smallest absolute Gasteiger partial charge is 0.0924 e. The van der Waals surface area contributed by atoms with Crippen LogP contribution in [0.2, 0.25) is 0 Å². The summed E-state index contributed by atoms with van der Waals surface area (Å²) in [6.45, 7) is 1.70. The van der Waals surface area contributed by atoms with Gasteiger partial charge in [0.2, 0.25) is 0 Å². The summed E-state index contributed by atoms with van der Waals surface area (Å²) in [5.41, 5.74) is 1.90. The van der Waals surface area contributed by atoms with Crippen LogP contribution < -0.4 is 0 Å². The molecule has 0 saturated heterocycles. The maximum Gasteiger partial charge on any atom is 0.0924 e. The molecule has 0 aliphatic heterocycles. The van der Waals surface area contributed by atoms with Crippen molar-refractivity contribution in [2.45, 2.75) is 19.3 Å². The molecule has 0 fully saturated rings. The summed E-state index contributed by atoms with van der Waals surface area (Å²) in [5, 5.41) is 0. The van der Waals surface area contributed by atoms with Gasteiger partial charge in [-0.2, -0.15) is 0 Å². The van der Waals surface area contributed by atoms with E-state index in [9.17, 15) is 0 Å². The third-order valence-electron chi connectivity index (χ3n) is 2.57. The van der Waals surface area contributed by atoms with E-state index >= 15 is 0 Å². The van der Waals surface area contributed by atoms with E-state index in [2.05, 4.69) is 29.9 Å². The van der Waals surface area contributed by atoms with Gasteiger partial charge in [0.05, 0.1) is 36.4 Å². The third-order valence-corrected chi connectivity index (χ3v) is 2.57. The Balaban J connectivity index is 1.48. The summed E-state index contributed by atoms with van der Waals surface area (Å²) in [5.74, 6) is 0. The molecule has 6 nitrogen and oxygen atoms in total. The number of imidazole rings is 2. The van der Waals surface area contributed by atoms with Crippen molar-refractivity contribution in [3.8, 4) is 0 Å². The maximum absolute atomic E-state index is 4.32. The summed E-state index contributed by atoms with van der Waals surface area (Å²) in [6.07, 6.45) is 13.8. The SMILES string of the molecule is C(=NCCCCCN=Cc1cnc[nH]1)c1cnc[nH]1. The lowest BCUT2D eigenvalue weighted by Crippen LogP contribution is -1.88. The maximum atomic E-state index is 4.32. The first-order valence-electron chi connectivity index (χ1n) is 6.41. The van der Waals surface area contributed by atoms with Crippen molar-refractivity contribution in [1.82, 2.24) is 19.9 Å². The number of nitrogens with zero attached hydrogens (tertiary/aromatic N) is 4. The number of hydrogen-bond acceptors (Lipinski definition) is 4.